The Morgan fingerprint density at radius 3 is 2.47 bits per heavy atom. The molecule has 0 saturated heterocycles. The second-order valence-corrected chi connectivity index (χ2v) is 9.65. The summed E-state index contributed by atoms with van der Waals surface area (Å²) >= 11 is 0. The Kier molecular flexibility index (Phi) is 4.15. The Morgan fingerprint density at radius 1 is 0.938 bits per heavy atom. The molecule has 1 unspecified atom stereocenters. The molecule has 0 saturated carbocycles. The third-order valence-corrected chi connectivity index (χ3v) is 8.00. The van der Waals surface area contributed by atoms with Crippen molar-refractivity contribution in [2.45, 2.75) is 52.9 Å². The molecular formula is C32H28. The smallest absolute Gasteiger partial charge is 0.00157 e. The maximum absolute atomic E-state index is 5.92. The number of hydrogen-bond donors (Lipinski definition) is 0. The number of hydrogen-bond acceptors (Lipinski definition) is 0. The Hall–Kier alpha value is -3.30. The van der Waals surface area contributed by atoms with E-state index in [0.29, 0.717) is 5.92 Å². The first-order valence-corrected chi connectivity index (χ1v) is 11.8. The summed E-state index contributed by atoms with van der Waals surface area (Å²) in [6, 6.07) is 8.96. The van der Waals surface area contributed by atoms with Crippen LogP contribution < -0.4 is 10.4 Å². The van der Waals surface area contributed by atoms with Crippen molar-refractivity contribution in [2.75, 3.05) is 0 Å². The molecule has 0 aliphatic heterocycles. The van der Waals surface area contributed by atoms with Crippen molar-refractivity contribution in [1.29, 1.82) is 0 Å². The fourth-order valence-corrected chi connectivity index (χ4v) is 6.68. The summed E-state index contributed by atoms with van der Waals surface area (Å²) in [5.74, 6) is 3.42. The second kappa shape index (κ2) is 6.85. The zero-order chi connectivity index (χ0) is 22.1. The molecule has 2 aliphatic carbocycles. The van der Waals surface area contributed by atoms with Gasteiger partial charge in [0.25, 0.3) is 0 Å². The first-order chi connectivity index (χ1) is 15.5. The number of allylic oxidation sites excluding steroid dienone is 1. The predicted molar refractivity (Wildman–Crippen MR) is 141 cm³/mol. The molecule has 2 aliphatic rings. The summed E-state index contributed by atoms with van der Waals surface area (Å²) in [5.41, 5.74) is 8.62. The van der Waals surface area contributed by atoms with Gasteiger partial charge in [-0.25, -0.2) is 0 Å². The molecule has 0 fully saturated rings. The maximum Gasteiger partial charge on any atom is -0.00157 e. The van der Waals surface area contributed by atoms with Gasteiger partial charge in [0.2, 0.25) is 0 Å². The lowest BCUT2D eigenvalue weighted by atomic mass is 9.76. The Bertz CT molecular complexity index is 1680. The van der Waals surface area contributed by atoms with E-state index >= 15 is 0 Å². The average molecular weight is 413 g/mol. The van der Waals surface area contributed by atoms with Gasteiger partial charge in [0.1, 0.15) is 0 Å². The van der Waals surface area contributed by atoms with Gasteiger partial charge in [-0.05, 0) is 128 Å². The standard InChI is InChI=1S/C32H28/c1-6-11-25-27-17-10-16-26-24-14-8-7-13-22(24)19(3)31(32(26)27)30-20(4)23-15-9-12-18(2)28(23)21(5)29(25)30/h1,7-9,11,13-15,17-18H,10,12,16H2,2-5H3/b25-11-. The zero-order valence-electron chi connectivity index (χ0n) is 19.4. The first-order valence-electron chi connectivity index (χ1n) is 11.8. The molecule has 4 aromatic carbocycles. The molecule has 32 heavy (non-hydrogen) atoms. The van der Waals surface area contributed by atoms with Gasteiger partial charge in [-0.2, -0.15) is 0 Å². The quantitative estimate of drug-likeness (QED) is 0.171. The minimum absolute atomic E-state index is 0.529. The van der Waals surface area contributed by atoms with E-state index in [4.69, 9.17) is 6.42 Å². The minimum atomic E-state index is 0.529. The maximum atomic E-state index is 5.92. The molecule has 0 bridgehead atoms. The van der Waals surface area contributed by atoms with E-state index in [2.05, 4.69) is 76.1 Å². The van der Waals surface area contributed by atoms with Crippen LogP contribution in [0.3, 0.4) is 0 Å². The van der Waals surface area contributed by atoms with Gasteiger partial charge in [0.15, 0.2) is 0 Å². The largest absolute Gasteiger partial charge is 0.115 e. The molecule has 0 heteroatoms. The number of fused-ring (bicyclic) bond motifs is 5. The lowest BCUT2D eigenvalue weighted by Gasteiger charge is -2.27. The monoisotopic (exact) mass is 412 g/mol. The summed E-state index contributed by atoms with van der Waals surface area (Å²) in [4.78, 5) is 0. The van der Waals surface area contributed by atoms with Gasteiger partial charge in [-0.15, -0.1) is 6.42 Å². The third-order valence-electron chi connectivity index (χ3n) is 8.00. The first kappa shape index (κ1) is 19.4. The van der Waals surface area contributed by atoms with Crippen LogP contribution in [0.2, 0.25) is 0 Å². The van der Waals surface area contributed by atoms with E-state index in [1.807, 2.05) is 6.08 Å². The van der Waals surface area contributed by atoms with E-state index < -0.39 is 0 Å². The van der Waals surface area contributed by atoms with Crippen molar-refractivity contribution in [1.82, 2.24) is 0 Å². The van der Waals surface area contributed by atoms with Gasteiger partial charge in [-0.3, -0.25) is 0 Å². The highest BCUT2D eigenvalue weighted by atomic mass is 14.3. The van der Waals surface area contributed by atoms with E-state index in [-0.39, 0.29) is 0 Å². The van der Waals surface area contributed by atoms with Crippen LogP contribution in [0.5, 0.6) is 0 Å². The Balaban J connectivity index is 2.06. The topological polar surface area (TPSA) is 0 Å². The Labute approximate surface area is 190 Å². The molecule has 1 atom stereocenters. The highest BCUT2D eigenvalue weighted by Crippen LogP contribution is 2.43. The average Bonchev–Trinajstić information content (AvgIpc) is 2.81. The van der Waals surface area contributed by atoms with Crippen LogP contribution in [0, 0.1) is 33.1 Å². The summed E-state index contributed by atoms with van der Waals surface area (Å²) in [6.07, 6.45) is 18.3. The van der Waals surface area contributed by atoms with E-state index in [9.17, 15) is 0 Å². The van der Waals surface area contributed by atoms with Crippen molar-refractivity contribution in [3.8, 4) is 12.3 Å². The number of rotatable bonds is 0. The van der Waals surface area contributed by atoms with Gasteiger partial charge in [0.05, 0.1) is 0 Å². The van der Waals surface area contributed by atoms with Crippen LogP contribution in [0.1, 0.15) is 59.1 Å². The van der Waals surface area contributed by atoms with Crippen LogP contribution in [-0.4, -0.2) is 0 Å². The number of terminal acetylenes is 1. The fourth-order valence-electron chi connectivity index (χ4n) is 6.68. The molecule has 0 nitrogen and oxygen atoms in total. The van der Waals surface area contributed by atoms with Crippen LogP contribution in [0.15, 0.2) is 30.3 Å². The molecular weight excluding hydrogens is 384 g/mol. The van der Waals surface area contributed by atoms with Gasteiger partial charge >= 0.3 is 0 Å². The Morgan fingerprint density at radius 2 is 1.69 bits per heavy atom. The fraction of sp³-hybridized carbons (Fsp3) is 0.250. The van der Waals surface area contributed by atoms with Crippen LogP contribution in [-0.2, 0) is 6.42 Å². The summed E-state index contributed by atoms with van der Waals surface area (Å²) in [5, 5.41) is 11.0. The van der Waals surface area contributed by atoms with Crippen molar-refractivity contribution >= 4 is 50.5 Å². The van der Waals surface area contributed by atoms with Gasteiger partial charge in [0, 0.05) is 0 Å². The summed E-state index contributed by atoms with van der Waals surface area (Å²) < 4.78 is 0. The zero-order valence-corrected chi connectivity index (χ0v) is 19.4. The van der Waals surface area contributed by atoms with Crippen LogP contribution in [0.25, 0.3) is 50.5 Å². The molecule has 0 radical (unpaired) electrons. The molecule has 0 heterocycles. The minimum Gasteiger partial charge on any atom is -0.115 e. The predicted octanol–water partition coefficient (Wildman–Crippen LogP) is 6.73. The molecule has 0 aromatic heterocycles. The third kappa shape index (κ3) is 2.35. The molecule has 0 N–H and O–H groups in total. The van der Waals surface area contributed by atoms with Crippen LogP contribution in [0.4, 0.5) is 0 Å². The highest BCUT2D eigenvalue weighted by Gasteiger charge is 2.25. The highest BCUT2D eigenvalue weighted by molar-refractivity contribution is 6.19. The lowest BCUT2D eigenvalue weighted by molar-refractivity contribution is 0.765. The lowest BCUT2D eigenvalue weighted by Crippen LogP contribution is -2.31. The van der Waals surface area contributed by atoms with Crippen molar-refractivity contribution < 1.29 is 0 Å². The van der Waals surface area contributed by atoms with Crippen molar-refractivity contribution in [3.05, 3.63) is 74.2 Å². The molecule has 0 amide bonds. The van der Waals surface area contributed by atoms with Gasteiger partial charge in [-0.1, -0.05) is 55.3 Å². The van der Waals surface area contributed by atoms with Crippen molar-refractivity contribution in [3.63, 3.8) is 0 Å². The number of benzene rings is 4. The number of aryl methyl sites for hydroxylation is 4. The van der Waals surface area contributed by atoms with E-state index in [1.54, 1.807) is 0 Å². The SMILES string of the molecule is C#C/C=c1/c2c3c(c4ccccc4c(C)c3c3c(C)c4c(c(C)c13)C(C)CC=C4)CCC=2. The summed E-state index contributed by atoms with van der Waals surface area (Å²) in [7, 11) is 0. The van der Waals surface area contributed by atoms with Crippen molar-refractivity contribution in [2.24, 2.45) is 0 Å². The van der Waals surface area contributed by atoms with Crippen LogP contribution >= 0.6 is 0 Å². The molecule has 6 rings (SSSR count). The molecule has 156 valence electrons. The second-order valence-electron chi connectivity index (χ2n) is 9.65. The van der Waals surface area contributed by atoms with E-state index in [1.165, 1.54) is 76.1 Å². The van der Waals surface area contributed by atoms with E-state index in [0.717, 1.165) is 19.3 Å². The molecule has 0 spiro atoms. The molecule has 4 aromatic rings. The normalized spacial score (nSPS) is 17.6. The van der Waals surface area contributed by atoms with Gasteiger partial charge < -0.3 is 0 Å². The summed E-state index contributed by atoms with van der Waals surface area (Å²) in [6.45, 7) is 9.32.